The van der Waals surface area contributed by atoms with E-state index in [-0.39, 0.29) is 12.6 Å². The highest BCUT2D eigenvalue weighted by Gasteiger charge is 2.19. The lowest BCUT2D eigenvalue weighted by atomic mass is 10.2. The summed E-state index contributed by atoms with van der Waals surface area (Å²) in [7, 11) is 3.75. The maximum atomic E-state index is 11.3. The van der Waals surface area contributed by atoms with Crippen LogP contribution >= 0.6 is 0 Å². The van der Waals surface area contributed by atoms with Crippen molar-refractivity contribution in [3.63, 3.8) is 0 Å². The van der Waals surface area contributed by atoms with Crippen LogP contribution in [-0.4, -0.2) is 55.0 Å². The minimum atomic E-state index is -0.512. The fraction of sp³-hybridized carbons (Fsp3) is 0.900. The third-order valence-corrected chi connectivity index (χ3v) is 1.53. The van der Waals surface area contributed by atoms with Gasteiger partial charge in [0.15, 0.2) is 0 Å². The molecule has 2 N–H and O–H groups in total. The first kappa shape index (κ1) is 14.2. The van der Waals surface area contributed by atoms with Gasteiger partial charge in [0.1, 0.15) is 5.60 Å². The minimum Gasteiger partial charge on any atom is -0.444 e. The maximum Gasteiger partial charge on any atom is 0.407 e. The Bertz CT molecular complexity index is 199. The number of nitrogens with one attached hydrogen (secondary N) is 1. The lowest BCUT2D eigenvalue weighted by molar-refractivity contribution is 0.0472. The van der Waals surface area contributed by atoms with Gasteiger partial charge < -0.3 is 20.1 Å². The van der Waals surface area contributed by atoms with Crippen LogP contribution in [0.15, 0.2) is 0 Å². The number of carbonyl (C=O) groups is 1. The molecular weight excluding hydrogens is 196 g/mol. The van der Waals surface area contributed by atoms with E-state index in [2.05, 4.69) is 5.32 Å². The highest BCUT2D eigenvalue weighted by molar-refractivity contribution is 5.68. The molecule has 0 rings (SSSR count). The molecule has 0 spiro atoms. The van der Waals surface area contributed by atoms with Crippen LogP contribution in [0, 0.1) is 0 Å². The number of aliphatic hydroxyl groups is 1. The smallest absolute Gasteiger partial charge is 0.407 e. The SMILES string of the molecule is CN(C)C[C@@H](CO)NC(=O)OC(C)(C)C. The molecule has 5 heteroatoms. The fourth-order valence-electron chi connectivity index (χ4n) is 1.06. The van der Waals surface area contributed by atoms with Crippen LogP contribution in [0.2, 0.25) is 0 Å². The molecular formula is C10H22N2O3. The van der Waals surface area contributed by atoms with Crippen molar-refractivity contribution >= 4 is 6.09 Å². The molecule has 0 saturated carbocycles. The number of aliphatic hydroxyl groups excluding tert-OH is 1. The molecule has 0 fully saturated rings. The van der Waals surface area contributed by atoms with Crippen molar-refractivity contribution in [3.05, 3.63) is 0 Å². The van der Waals surface area contributed by atoms with E-state index in [0.717, 1.165) is 0 Å². The molecule has 0 radical (unpaired) electrons. The summed E-state index contributed by atoms with van der Waals surface area (Å²) in [6, 6.07) is -0.296. The third kappa shape index (κ3) is 8.20. The lowest BCUT2D eigenvalue weighted by Crippen LogP contribution is -2.45. The molecule has 15 heavy (non-hydrogen) atoms. The maximum absolute atomic E-state index is 11.3. The molecule has 0 aromatic rings. The Kier molecular flexibility index (Phi) is 5.60. The van der Waals surface area contributed by atoms with Gasteiger partial charge in [-0.3, -0.25) is 0 Å². The van der Waals surface area contributed by atoms with Crippen LogP contribution in [0.3, 0.4) is 0 Å². The highest BCUT2D eigenvalue weighted by Crippen LogP contribution is 2.06. The Labute approximate surface area is 91.4 Å². The number of rotatable bonds is 4. The zero-order valence-electron chi connectivity index (χ0n) is 10.2. The summed E-state index contributed by atoms with van der Waals surface area (Å²) in [5, 5.41) is 11.6. The number of ether oxygens (including phenoxy) is 1. The standard InChI is InChI=1S/C10H22N2O3/c1-10(2,3)15-9(14)11-8(7-13)6-12(4)5/h8,13H,6-7H2,1-5H3,(H,11,14)/t8-/m0/s1. The summed E-state index contributed by atoms with van der Waals surface area (Å²) in [6.07, 6.45) is -0.497. The normalized spacial score (nSPS) is 13.8. The molecule has 0 aliphatic carbocycles. The van der Waals surface area contributed by atoms with E-state index in [9.17, 15) is 4.79 Å². The number of nitrogens with zero attached hydrogens (tertiary/aromatic N) is 1. The summed E-state index contributed by atoms with van der Waals surface area (Å²) in [5.41, 5.74) is -0.512. The topological polar surface area (TPSA) is 61.8 Å². The average molecular weight is 218 g/mol. The Morgan fingerprint density at radius 3 is 2.33 bits per heavy atom. The predicted octanol–water partition coefficient (Wildman–Crippen LogP) is 0.434. The number of hydrogen-bond donors (Lipinski definition) is 2. The van der Waals surface area contributed by atoms with Gasteiger partial charge in [0, 0.05) is 6.54 Å². The van der Waals surface area contributed by atoms with Crippen molar-refractivity contribution in [1.82, 2.24) is 10.2 Å². The van der Waals surface area contributed by atoms with Crippen molar-refractivity contribution in [2.24, 2.45) is 0 Å². The van der Waals surface area contributed by atoms with Crippen molar-refractivity contribution in [3.8, 4) is 0 Å². The van der Waals surface area contributed by atoms with Gasteiger partial charge >= 0.3 is 6.09 Å². The average Bonchev–Trinajstić information content (AvgIpc) is 1.98. The Balaban J connectivity index is 4.02. The molecule has 0 saturated heterocycles. The molecule has 5 nitrogen and oxygen atoms in total. The first-order valence-corrected chi connectivity index (χ1v) is 4.99. The van der Waals surface area contributed by atoms with Gasteiger partial charge in [0.25, 0.3) is 0 Å². The molecule has 0 unspecified atom stereocenters. The van der Waals surface area contributed by atoms with E-state index in [1.54, 1.807) is 20.8 Å². The molecule has 0 aliphatic heterocycles. The third-order valence-electron chi connectivity index (χ3n) is 1.53. The van der Waals surface area contributed by atoms with Crippen molar-refractivity contribution < 1.29 is 14.6 Å². The second-order valence-corrected chi connectivity index (χ2v) is 4.79. The molecule has 1 atom stereocenters. The van der Waals surface area contributed by atoms with E-state index in [4.69, 9.17) is 9.84 Å². The van der Waals surface area contributed by atoms with Crippen molar-refractivity contribution in [2.75, 3.05) is 27.2 Å². The molecule has 1 amide bonds. The van der Waals surface area contributed by atoms with Gasteiger partial charge in [-0.1, -0.05) is 0 Å². The first-order valence-electron chi connectivity index (χ1n) is 4.99. The van der Waals surface area contributed by atoms with Crippen LogP contribution in [0.4, 0.5) is 4.79 Å². The zero-order valence-corrected chi connectivity index (χ0v) is 10.2. The van der Waals surface area contributed by atoms with E-state index in [1.165, 1.54) is 0 Å². The van der Waals surface area contributed by atoms with Gasteiger partial charge in [0.05, 0.1) is 12.6 Å². The second kappa shape index (κ2) is 5.92. The van der Waals surface area contributed by atoms with Crippen LogP contribution in [0.1, 0.15) is 20.8 Å². The van der Waals surface area contributed by atoms with Crippen LogP contribution in [0.5, 0.6) is 0 Å². The quantitative estimate of drug-likeness (QED) is 0.718. The molecule has 0 heterocycles. The number of amides is 1. The molecule has 0 bridgehead atoms. The van der Waals surface area contributed by atoms with E-state index < -0.39 is 11.7 Å². The summed E-state index contributed by atoms with van der Waals surface area (Å²) >= 11 is 0. The van der Waals surface area contributed by atoms with Gasteiger partial charge in [-0.2, -0.15) is 0 Å². The van der Waals surface area contributed by atoms with Gasteiger partial charge in [-0.25, -0.2) is 4.79 Å². The monoisotopic (exact) mass is 218 g/mol. The second-order valence-electron chi connectivity index (χ2n) is 4.79. The fourth-order valence-corrected chi connectivity index (χ4v) is 1.06. The summed E-state index contributed by atoms with van der Waals surface area (Å²) < 4.78 is 5.07. The Morgan fingerprint density at radius 2 is 2.00 bits per heavy atom. The van der Waals surface area contributed by atoms with Crippen LogP contribution in [0.25, 0.3) is 0 Å². The summed E-state index contributed by atoms with van der Waals surface area (Å²) in [5.74, 6) is 0. The summed E-state index contributed by atoms with van der Waals surface area (Å²) in [4.78, 5) is 13.2. The number of likely N-dealkylation sites (N-methyl/N-ethyl adjacent to an activating group) is 1. The van der Waals surface area contributed by atoms with Gasteiger partial charge in [0.2, 0.25) is 0 Å². The predicted molar refractivity (Wildman–Crippen MR) is 58.8 cm³/mol. The van der Waals surface area contributed by atoms with E-state index >= 15 is 0 Å². The molecule has 0 aliphatic rings. The number of alkyl carbamates (subject to hydrolysis) is 1. The Hall–Kier alpha value is -0.810. The largest absolute Gasteiger partial charge is 0.444 e. The van der Waals surface area contributed by atoms with Gasteiger partial charge in [-0.05, 0) is 34.9 Å². The van der Waals surface area contributed by atoms with Crippen LogP contribution < -0.4 is 5.32 Å². The number of carbonyl (C=O) groups excluding carboxylic acids is 1. The minimum absolute atomic E-state index is 0.0998. The highest BCUT2D eigenvalue weighted by atomic mass is 16.6. The van der Waals surface area contributed by atoms with Gasteiger partial charge in [-0.15, -0.1) is 0 Å². The van der Waals surface area contributed by atoms with Crippen LogP contribution in [-0.2, 0) is 4.74 Å². The zero-order chi connectivity index (χ0) is 12.1. The molecule has 0 aromatic heterocycles. The van der Waals surface area contributed by atoms with Crippen molar-refractivity contribution in [2.45, 2.75) is 32.4 Å². The van der Waals surface area contributed by atoms with E-state index in [1.807, 2.05) is 19.0 Å². The number of hydrogen-bond acceptors (Lipinski definition) is 4. The van der Waals surface area contributed by atoms with E-state index in [0.29, 0.717) is 6.54 Å². The Morgan fingerprint density at radius 1 is 1.47 bits per heavy atom. The first-order chi connectivity index (χ1) is 6.74. The lowest BCUT2D eigenvalue weighted by Gasteiger charge is -2.24. The molecule has 0 aromatic carbocycles. The van der Waals surface area contributed by atoms with Crippen molar-refractivity contribution in [1.29, 1.82) is 0 Å². The molecule has 90 valence electrons. The summed E-state index contributed by atoms with van der Waals surface area (Å²) in [6.45, 7) is 5.87.